The van der Waals surface area contributed by atoms with Crippen molar-refractivity contribution < 1.29 is 4.79 Å². The molecule has 0 fully saturated rings. The molecule has 2 rings (SSSR count). The van der Waals surface area contributed by atoms with Gasteiger partial charge in [-0.1, -0.05) is 0 Å². The molecule has 17 heavy (non-hydrogen) atoms. The van der Waals surface area contributed by atoms with Gasteiger partial charge in [0.2, 0.25) is 0 Å². The Hall–Kier alpha value is -1.46. The summed E-state index contributed by atoms with van der Waals surface area (Å²) in [6.07, 6.45) is 4.67. The second-order valence-corrected chi connectivity index (χ2v) is 4.80. The maximum atomic E-state index is 11.9. The van der Waals surface area contributed by atoms with Gasteiger partial charge in [-0.15, -0.1) is 0 Å². The van der Waals surface area contributed by atoms with E-state index in [4.69, 9.17) is 5.73 Å². The number of hydrogen-bond acceptors (Lipinski definition) is 4. The molecule has 5 heteroatoms. The summed E-state index contributed by atoms with van der Waals surface area (Å²) >= 11 is 1.64. The van der Waals surface area contributed by atoms with Crippen LogP contribution in [0.25, 0.3) is 0 Å². The Bertz CT molecular complexity index is 490. The first-order chi connectivity index (χ1) is 8.16. The number of carbonyl (C=O) groups is 1. The average Bonchev–Trinajstić information content (AvgIpc) is 2.95. The van der Waals surface area contributed by atoms with Crippen LogP contribution in [-0.2, 0) is 18.3 Å². The van der Waals surface area contributed by atoms with Gasteiger partial charge < -0.3 is 5.73 Å². The minimum absolute atomic E-state index is 0.0594. The molecule has 90 valence electrons. The molecule has 0 bridgehead atoms. The van der Waals surface area contributed by atoms with Crippen molar-refractivity contribution in [1.29, 1.82) is 0 Å². The van der Waals surface area contributed by atoms with Crippen molar-refractivity contribution in [3.63, 3.8) is 0 Å². The maximum Gasteiger partial charge on any atom is 0.154 e. The quantitative estimate of drug-likeness (QED) is 0.877. The number of aryl methyl sites for hydroxylation is 2. The third kappa shape index (κ3) is 3.01. The molecule has 0 saturated carbocycles. The molecule has 0 aromatic carbocycles. The topological polar surface area (TPSA) is 60.9 Å². The molecule has 1 unspecified atom stereocenters. The van der Waals surface area contributed by atoms with Gasteiger partial charge in [0, 0.05) is 25.2 Å². The van der Waals surface area contributed by atoms with E-state index in [1.807, 2.05) is 18.5 Å². The fourth-order valence-electron chi connectivity index (χ4n) is 1.64. The van der Waals surface area contributed by atoms with Gasteiger partial charge in [0.1, 0.15) is 0 Å². The van der Waals surface area contributed by atoms with E-state index >= 15 is 0 Å². The Kier molecular flexibility index (Phi) is 3.71. The largest absolute Gasteiger partial charge is 0.318 e. The summed E-state index contributed by atoms with van der Waals surface area (Å²) in [5.74, 6) is 0.0594. The first-order valence-corrected chi connectivity index (χ1v) is 6.39. The van der Waals surface area contributed by atoms with Crippen molar-refractivity contribution in [2.45, 2.75) is 18.9 Å². The van der Waals surface area contributed by atoms with E-state index in [2.05, 4.69) is 10.5 Å². The first kappa shape index (κ1) is 12.0. The number of hydrogen-bond donors (Lipinski definition) is 1. The lowest BCUT2D eigenvalue weighted by Gasteiger charge is -2.07. The zero-order chi connectivity index (χ0) is 12.3. The summed E-state index contributed by atoms with van der Waals surface area (Å²) < 4.78 is 1.65. The number of nitrogens with two attached hydrogens (primary N) is 1. The van der Waals surface area contributed by atoms with Crippen molar-refractivity contribution >= 4 is 17.1 Å². The fourth-order valence-corrected chi connectivity index (χ4v) is 2.35. The third-order valence-electron chi connectivity index (χ3n) is 2.67. The normalized spacial score (nSPS) is 12.6. The molecular weight excluding hydrogens is 234 g/mol. The number of rotatable bonds is 5. The van der Waals surface area contributed by atoms with E-state index in [-0.39, 0.29) is 5.78 Å². The lowest BCUT2D eigenvalue weighted by molar-refractivity contribution is -0.120. The van der Waals surface area contributed by atoms with Gasteiger partial charge >= 0.3 is 0 Å². The number of ketones is 1. The maximum absolute atomic E-state index is 11.9. The van der Waals surface area contributed by atoms with Crippen LogP contribution in [0.15, 0.2) is 29.2 Å². The molecule has 0 radical (unpaired) electrons. The van der Waals surface area contributed by atoms with E-state index in [0.29, 0.717) is 6.42 Å². The Morgan fingerprint density at radius 1 is 1.65 bits per heavy atom. The van der Waals surface area contributed by atoms with E-state index in [9.17, 15) is 4.79 Å². The van der Waals surface area contributed by atoms with E-state index in [0.717, 1.165) is 12.0 Å². The molecule has 2 aromatic heterocycles. The highest BCUT2D eigenvalue weighted by atomic mass is 32.1. The Morgan fingerprint density at radius 2 is 2.47 bits per heavy atom. The van der Waals surface area contributed by atoms with Crippen LogP contribution in [0.2, 0.25) is 0 Å². The Balaban J connectivity index is 1.91. The molecule has 0 spiro atoms. The number of thiophene rings is 1. The Labute approximate surface area is 104 Å². The molecule has 0 aliphatic rings. The van der Waals surface area contributed by atoms with Crippen LogP contribution in [0.4, 0.5) is 0 Å². The number of aromatic nitrogens is 2. The lowest BCUT2D eigenvalue weighted by Crippen LogP contribution is -2.21. The highest BCUT2D eigenvalue weighted by Crippen LogP contribution is 2.14. The molecule has 4 nitrogen and oxygen atoms in total. The lowest BCUT2D eigenvalue weighted by atomic mass is 10.0. The van der Waals surface area contributed by atoms with Gasteiger partial charge in [0.25, 0.3) is 0 Å². The predicted octanol–water partition coefficient (Wildman–Crippen LogP) is 1.68. The first-order valence-electron chi connectivity index (χ1n) is 5.44. The van der Waals surface area contributed by atoms with Gasteiger partial charge in [0.05, 0.1) is 12.2 Å². The number of Topliss-reactive ketones (excluding diaryl/α,β-unsaturated/α-hetero) is 1. The van der Waals surface area contributed by atoms with Crippen molar-refractivity contribution in [1.82, 2.24) is 9.78 Å². The summed E-state index contributed by atoms with van der Waals surface area (Å²) in [6.45, 7) is 0. The molecule has 0 amide bonds. The van der Waals surface area contributed by atoms with Crippen LogP contribution in [0, 0.1) is 0 Å². The number of carbonyl (C=O) groups excluding carboxylic acids is 1. The summed E-state index contributed by atoms with van der Waals surface area (Å²) in [6, 6.07) is 1.48. The zero-order valence-corrected chi connectivity index (χ0v) is 10.5. The van der Waals surface area contributed by atoms with Gasteiger partial charge in [-0.25, -0.2) is 0 Å². The molecular formula is C12H15N3OS. The molecule has 2 aromatic rings. The molecule has 0 saturated heterocycles. The van der Waals surface area contributed by atoms with Gasteiger partial charge in [-0.2, -0.15) is 16.4 Å². The van der Waals surface area contributed by atoms with Crippen molar-refractivity contribution in [3.05, 3.63) is 40.3 Å². The van der Waals surface area contributed by atoms with Crippen molar-refractivity contribution in [2.75, 3.05) is 0 Å². The zero-order valence-electron chi connectivity index (χ0n) is 9.67. The Morgan fingerprint density at radius 3 is 3.06 bits per heavy atom. The molecule has 2 heterocycles. The van der Waals surface area contributed by atoms with E-state index in [1.54, 1.807) is 28.4 Å². The molecule has 1 atom stereocenters. The summed E-state index contributed by atoms with van der Waals surface area (Å²) in [5.41, 5.74) is 7.87. The van der Waals surface area contributed by atoms with Crippen molar-refractivity contribution in [2.24, 2.45) is 12.8 Å². The molecule has 0 aliphatic carbocycles. The van der Waals surface area contributed by atoms with Crippen molar-refractivity contribution in [3.8, 4) is 0 Å². The van der Waals surface area contributed by atoms with Crippen LogP contribution in [0.3, 0.4) is 0 Å². The SMILES string of the molecule is Cn1cc(C(N)C(=O)CCc2ccsc2)cn1. The van der Waals surface area contributed by atoms with Gasteiger partial charge in [0.15, 0.2) is 5.78 Å². The van der Waals surface area contributed by atoms with Crippen LogP contribution >= 0.6 is 11.3 Å². The van der Waals surface area contributed by atoms with Crippen LogP contribution in [-0.4, -0.2) is 15.6 Å². The minimum Gasteiger partial charge on any atom is -0.318 e. The van der Waals surface area contributed by atoms with E-state index in [1.165, 1.54) is 5.56 Å². The summed E-state index contributed by atoms with van der Waals surface area (Å²) in [4.78, 5) is 11.9. The second-order valence-electron chi connectivity index (χ2n) is 4.02. The van der Waals surface area contributed by atoms with Crippen LogP contribution < -0.4 is 5.73 Å². The fraction of sp³-hybridized carbons (Fsp3) is 0.333. The van der Waals surface area contributed by atoms with E-state index < -0.39 is 6.04 Å². The molecule has 0 aliphatic heterocycles. The second kappa shape index (κ2) is 5.25. The summed E-state index contributed by atoms with van der Waals surface area (Å²) in [5, 5.41) is 8.09. The highest BCUT2D eigenvalue weighted by Gasteiger charge is 2.16. The predicted molar refractivity (Wildman–Crippen MR) is 67.8 cm³/mol. The van der Waals surface area contributed by atoms with Crippen LogP contribution in [0.1, 0.15) is 23.6 Å². The van der Waals surface area contributed by atoms with Gasteiger partial charge in [-0.3, -0.25) is 9.48 Å². The third-order valence-corrected chi connectivity index (χ3v) is 3.40. The minimum atomic E-state index is -0.553. The monoisotopic (exact) mass is 249 g/mol. The summed E-state index contributed by atoms with van der Waals surface area (Å²) in [7, 11) is 1.81. The average molecular weight is 249 g/mol. The van der Waals surface area contributed by atoms with Crippen LogP contribution in [0.5, 0.6) is 0 Å². The smallest absolute Gasteiger partial charge is 0.154 e. The highest BCUT2D eigenvalue weighted by molar-refractivity contribution is 7.07. The standard InChI is InChI=1S/C12H15N3OS/c1-15-7-10(6-14-15)12(13)11(16)3-2-9-4-5-17-8-9/h4-8,12H,2-3,13H2,1H3. The van der Waals surface area contributed by atoms with Gasteiger partial charge in [-0.05, 0) is 28.8 Å². The molecule has 2 N–H and O–H groups in total. The number of nitrogens with zero attached hydrogens (tertiary/aromatic N) is 2.